The van der Waals surface area contributed by atoms with Crippen molar-refractivity contribution in [2.45, 2.75) is 32.6 Å². The second kappa shape index (κ2) is 7.82. The number of benzene rings is 1. The minimum atomic E-state index is 0.192. The van der Waals surface area contributed by atoms with Gasteiger partial charge in [0.2, 0.25) is 11.8 Å². The van der Waals surface area contributed by atoms with E-state index >= 15 is 0 Å². The highest BCUT2D eigenvalue weighted by Crippen LogP contribution is 2.27. The van der Waals surface area contributed by atoms with Crippen LogP contribution in [0.2, 0.25) is 0 Å². The molecule has 6 nitrogen and oxygen atoms in total. The van der Waals surface area contributed by atoms with E-state index in [1.807, 2.05) is 34.9 Å². The maximum Gasteiger partial charge on any atom is 0.227 e. The van der Waals surface area contributed by atoms with Gasteiger partial charge in [0.1, 0.15) is 0 Å². The molecule has 0 spiro atoms. The van der Waals surface area contributed by atoms with Crippen LogP contribution in [0.1, 0.15) is 31.2 Å². The minimum absolute atomic E-state index is 0.192. The number of nitrogens with one attached hydrogen (secondary N) is 2. The molecule has 0 saturated carbocycles. The Kier molecular flexibility index (Phi) is 5.53. The first-order valence-electron chi connectivity index (χ1n) is 8.78. The summed E-state index contributed by atoms with van der Waals surface area (Å²) in [5.74, 6) is 0.417. The van der Waals surface area contributed by atoms with Gasteiger partial charge in [0.25, 0.3) is 0 Å². The van der Waals surface area contributed by atoms with Gasteiger partial charge in [-0.15, -0.1) is 0 Å². The summed E-state index contributed by atoms with van der Waals surface area (Å²) in [6.45, 7) is 4.95. The van der Waals surface area contributed by atoms with Crippen molar-refractivity contribution in [2.24, 2.45) is 0 Å². The number of carbonyl (C=O) groups excluding carboxylic acids is 2. The average molecular weight is 360 g/mol. The average Bonchev–Trinajstić information content (AvgIpc) is 3.16. The van der Waals surface area contributed by atoms with E-state index in [9.17, 15) is 9.59 Å². The van der Waals surface area contributed by atoms with E-state index in [-0.39, 0.29) is 11.8 Å². The van der Waals surface area contributed by atoms with E-state index in [2.05, 4.69) is 10.6 Å². The van der Waals surface area contributed by atoms with Crippen molar-refractivity contribution < 1.29 is 9.59 Å². The van der Waals surface area contributed by atoms with Crippen molar-refractivity contribution in [3.05, 3.63) is 23.8 Å². The molecule has 3 rings (SSSR count). The molecule has 7 heteroatoms. The fraction of sp³-hybridized carbons (Fsp3) is 0.500. The number of nitrogens with zero attached hydrogens (tertiary/aromatic N) is 2. The van der Waals surface area contributed by atoms with E-state index < -0.39 is 0 Å². The Labute approximate surface area is 153 Å². The van der Waals surface area contributed by atoms with Gasteiger partial charge >= 0.3 is 0 Å². The fourth-order valence-corrected chi connectivity index (χ4v) is 3.58. The molecule has 2 N–H and O–H groups in total. The highest BCUT2D eigenvalue weighted by atomic mass is 32.1. The second-order valence-corrected chi connectivity index (χ2v) is 6.92. The van der Waals surface area contributed by atoms with Crippen LogP contribution < -0.4 is 15.5 Å². The van der Waals surface area contributed by atoms with Crippen molar-refractivity contribution in [1.29, 1.82) is 0 Å². The highest BCUT2D eigenvalue weighted by molar-refractivity contribution is 7.80. The fourth-order valence-electron chi connectivity index (χ4n) is 3.36. The van der Waals surface area contributed by atoms with Crippen LogP contribution in [0.25, 0.3) is 0 Å². The third kappa shape index (κ3) is 4.28. The van der Waals surface area contributed by atoms with Crippen LogP contribution in [-0.2, 0) is 9.59 Å². The summed E-state index contributed by atoms with van der Waals surface area (Å²) in [4.78, 5) is 27.2. The number of amides is 2. The summed E-state index contributed by atoms with van der Waals surface area (Å²) in [5, 5.41) is 6.84. The second-order valence-electron chi connectivity index (χ2n) is 6.52. The van der Waals surface area contributed by atoms with Crippen molar-refractivity contribution in [2.75, 3.05) is 36.4 Å². The first-order valence-corrected chi connectivity index (χ1v) is 9.19. The van der Waals surface area contributed by atoms with Gasteiger partial charge in [0.05, 0.1) is 0 Å². The Balaban J connectivity index is 1.50. The molecule has 1 aromatic rings. The quantitative estimate of drug-likeness (QED) is 0.787. The smallest absolute Gasteiger partial charge is 0.227 e. The molecule has 0 aromatic heterocycles. The highest BCUT2D eigenvalue weighted by Gasteiger charge is 2.23. The Morgan fingerprint density at radius 2 is 1.92 bits per heavy atom. The van der Waals surface area contributed by atoms with Gasteiger partial charge in [-0.2, -0.15) is 0 Å². The number of carbonyl (C=O) groups is 2. The maximum atomic E-state index is 11.9. The Bertz CT molecular complexity index is 692. The van der Waals surface area contributed by atoms with E-state index in [1.165, 1.54) is 0 Å². The lowest BCUT2D eigenvalue weighted by atomic mass is 10.1. The number of anilines is 2. The first kappa shape index (κ1) is 17.7. The third-order valence-electron chi connectivity index (χ3n) is 4.66. The molecule has 0 aliphatic carbocycles. The summed E-state index contributed by atoms with van der Waals surface area (Å²) in [6.07, 6.45) is 3.17. The Hall–Kier alpha value is -2.15. The molecule has 2 fully saturated rings. The molecule has 1 aromatic carbocycles. The SMILES string of the molecule is Cc1cc(NC(=S)NCCN2CCCC2=O)ccc1N1CCCC1=O. The van der Waals surface area contributed by atoms with Crippen LogP contribution in [-0.4, -0.2) is 48.0 Å². The molecule has 0 unspecified atom stereocenters. The number of hydrogen-bond acceptors (Lipinski definition) is 3. The molecule has 0 atom stereocenters. The summed E-state index contributed by atoms with van der Waals surface area (Å²) >= 11 is 5.32. The van der Waals surface area contributed by atoms with Gasteiger partial charge in [-0.3, -0.25) is 9.59 Å². The number of rotatable bonds is 5. The summed E-state index contributed by atoms with van der Waals surface area (Å²) in [7, 11) is 0. The van der Waals surface area contributed by atoms with Crippen molar-refractivity contribution >= 4 is 40.5 Å². The first-order chi connectivity index (χ1) is 12.0. The van der Waals surface area contributed by atoms with Crippen LogP contribution >= 0.6 is 12.2 Å². The van der Waals surface area contributed by atoms with E-state index in [1.54, 1.807) is 0 Å². The maximum absolute atomic E-state index is 11.9. The van der Waals surface area contributed by atoms with Gasteiger partial charge in [-0.1, -0.05) is 0 Å². The number of thiocarbonyl (C=S) groups is 1. The summed E-state index contributed by atoms with van der Waals surface area (Å²) in [6, 6.07) is 5.90. The van der Waals surface area contributed by atoms with Crippen LogP contribution in [0.15, 0.2) is 18.2 Å². The van der Waals surface area contributed by atoms with E-state index in [0.717, 1.165) is 42.9 Å². The lowest BCUT2D eigenvalue weighted by Gasteiger charge is -2.20. The monoisotopic (exact) mass is 360 g/mol. The molecule has 2 aliphatic heterocycles. The van der Waals surface area contributed by atoms with Crippen molar-refractivity contribution in [1.82, 2.24) is 10.2 Å². The van der Waals surface area contributed by atoms with Crippen LogP contribution in [0.5, 0.6) is 0 Å². The molecule has 2 aliphatic rings. The number of aryl methyl sites for hydroxylation is 1. The molecule has 2 saturated heterocycles. The van der Waals surface area contributed by atoms with Gasteiger partial charge in [-0.05, 0) is 55.7 Å². The molecule has 134 valence electrons. The lowest BCUT2D eigenvalue weighted by Crippen LogP contribution is -2.37. The van der Waals surface area contributed by atoms with Gasteiger partial charge < -0.3 is 20.4 Å². The van der Waals surface area contributed by atoms with E-state index in [4.69, 9.17) is 12.2 Å². The number of hydrogen-bond donors (Lipinski definition) is 2. The molecule has 2 heterocycles. The molecule has 0 bridgehead atoms. The van der Waals surface area contributed by atoms with Gasteiger partial charge in [0, 0.05) is 50.4 Å². The summed E-state index contributed by atoms with van der Waals surface area (Å²) in [5.41, 5.74) is 2.91. The zero-order chi connectivity index (χ0) is 17.8. The standard InChI is InChI=1S/C18H24N4O2S/c1-13-12-14(6-7-15(13)22-10-3-5-17(22)24)20-18(25)19-8-11-21-9-2-4-16(21)23/h6-7,12H,2-5,8-11H2,1H3,(H2,19,20,25). The molecule has 0 radical (unpaired) electrons. The zero-order valence-electron chi connectivity index (χ0n) is 14.5. The van der Waals surface area contributed by atoms with Crippen LogP contribution in [0.4, 0.5) is 11.4 Å². The zero-order valence-corrected chi connectivity index (χ0v) is 15.3. The Morgan fingerprint density at radius 1 is 1.16 bits per heavy atom. The number of likely N-dealkylation sites (tertiary alicyclic amines) is 1. The van der Waals surface area contributed by atoms with Crippen molar-refractivity contribution in [3.8, 4) is 0 Å². The predicted octanol–water partition coefficient (Wildman–Crippen LogP) is 2.03. The van der Waals surface area contributed by atoms with E-state index in [0.29, 0.717) is 31.0 Å². The lowest BCUT2D eigenvalue weighted by molar-refractivity contribution is -0.127. The van der Waals surface area contributed by atoms with Gasteiger partial charge in [-0.25, -0.2) is 0 Å². The van der Waals surface area contributed by atoms with Crippen molar-refractivity contribution in [3.63, 3.8) is 0 Å². The largest absolute Gasteiger partial charge is 0.361 e. The van der Waals surface area contributed by atoms with Crippen LogP contribution in [0, 0.1) is 6.92 Å². The minimum Gasteiger partial charge on any atom is -0.361 e. The third-order valence-corrected chi connectivity index (χ3v) is 4.90. The van der Waals surface area contributed by atoms with Gasteiger partial charge in [0.15, 0.2) is 5.11 Å². The predicted molar refractivity (Wildman–Crippen MR) is 103 cm³/mol. The molecule has 25 heavy (non-hydrogen) atoms. The Morgan fingerprint density at radius 3 is 2.56 bits per heavy atom. The van der Waals surface area contributed by atoms with Crippen LogP contribution in [0.3, 0.4) is 0 Å². The molecular weight excluding hydrogens is 336 g/mol. The molecular formula is C18H24N4O2S. The molecule has 2 amide bonds. The summed E-state index contributed by atoms with van der Waals surface area (Å²) < 4.78 is 0. The normalized spacial score (nSPS) is 17.3. The topological polar surface area (TPSA) is 64.7 Å².